The molecule has 5 heterocycles. The van der Waals surface area contributed by atoms with Gasteiger partial charge >= 0.3 is 0 Å². The zero-order chi connectivity index (χ0) is 17.2. The third-order valence-corrected chi connectivity index (χ3v) is 6.44. The van der Waals surface area contributed by atoms with Crippen LogP contribution < -0.4 is 0 Å². The number of piperidine rings is 1. The minimum Gasteiger partial charge on any atom is -0.455 e. The number of hydrogen-bond acceptors (Lipinski definition) is 5. The molecular weight excluding hydrogens is 336 g/mol. The Hall–Kier alpha value is -0.980. The maximum atomic E-state index is 13.0. The molecule has 4 aliphatic heterocycles. The Morgan fingerprint density at radius 1 is 1.12 bits per heavy atom. The molecule has 0 aromatic carbocycles. The minimum atomic E-state index is 0.0795. The van der Waals surface area contributed by atoms with Crippen LogP contribution in [0.5, 0.6) is 0 Å². The molecule has 0 aliphatic carbocycles. The van der Waals surface area contributed by atoms with E-state index in [1.165, 1.54) is 6.42 Å². The number of thioether (sulfide) groups is 1. The molecule has 25 heavy (non-hydrogen) atoms. The number of rotatable bonds is 4. The fourth-order valence-electron chi connectivity index (χ4n) is 4.57. The van der Waals surface area contributed by atoms with Crippen LogP contribution in [0, 0.1) is 5.92 Å². The van der Waals surface area contributed by atoms with Crippen LogP contribution in [-0.2, 0) is 10.5 Å². The van der Waals surface area contributed by atoms with E-state index in [0.717, 1.165) is 63.6 Å². The van der Waals surface area contributed by atoms with Crippen molar-refractivity contribution in [3.05, 3.63) is 23.7 Å². The predicted molar refractivity (Wildman–Crippen MR) is 98.9 cm³/mol. The second-order valence-electron chi connectivity index (χ2n) is 7.55. The van der Waals surface area contributed by atoms with E-state index in [1.807, 2.05) is 18.4 Å². The molecule has 0 spiro atoms. The average Bonchev–Trinajstić information content (AvgIpc) is 2.92. The average molecular weight is 365 g/mol. The molecule has 0 saturated carbocycles. The van der Waals surface area contributed by atoms with Crippen molar-refractivity contribution >= 4 is 17.7 Å². The Labute approximate surface area is 154 Å². The van der Waals surface area contributed by atoms with Crippen molar-refractivity contribution in [1.82, 2.24) is 9.80 Å². The lowest BCUT2D eigenvalue weighted by Crippen LogP contribution is -2.48. The van der Waals surface area contributed by atoms with Crippen LogP contribution in [0.15, 0.2) is 16.5 Å². The molecule has 2 atom stereocenters. The zero-order valence-corrected chi connectivity index (χ0v) is 15.8. The lowest BCUT2D eigenvalue weighted by Gasteiger charge is -2.36. The van der Waals surface area contributed by atoms with Gasteiger partial charge in [-0.1, -0.05) is 0 Å². The van der Waals surface area contributed by atoms with E-state index in [2.05, 4.69) is 9.80 Å². The van der Waals surface area contributed by atoms with E-state index in [9.17, 15) is 4.79 Å². The first-order valence-corrected chi connectivity index (χ1v) is 10.8. The van der Waals surface area contributed by atoms with Gasteiger partial charge in [-0.05, 0) is 50.0 Å². The van der Waals surface area contributed by atoms with Gasteiger partial charge in [0.15, 0.2) is 5.76 Å². The number of carbonyl (C=O) groups excluding carboxylic acids is 1. The third kappa shape index (κ3) is 3.76. The van der Waals surface area contributed by atoms with Crippen molar-refractivity contribution in [2.24, 2.45) is 5.92 Å². The van der Waals surface area contributed by atoms with E-state index < -0.39 is 0 Å². The number of nitrogens with zero attached hydrogens (tertiary/aromatic N) is 2. The highest BCUT2D eigenvalue weighted by atomic mass is 32.2. The predicted octanol–water partition coefficient (Wildman–Crippen LogP) is 2.86. The lowest BCUT2D eigenvalue weighted by molar-refractivity contribution is 0.0302. The van der Waals surface area contributed by atoms with E-state index in [0.29, 0.717) is 23.8 Å². The summed E-state index contributed by atoms with van der Waals surface area (Å²) in [6.45, 7) is 4.77. The number of carbonyl (C=O) groups is 1. The first kappa shape index (κ1) is 17.4. The molecule has 5 rings (SSSR count). The quantitative estimate of drug-likeness (QED) is 0.822. The van der Waals surface area contributed by atoms with Crippen molar-refractivity contribution in [2.45, 2.75) is 43.5 Å². The Morgan fingerprint density at radius 3 is 2.76 bits per heavy atom. The fraction of sp³-hybridized carbons (Fsp3) is 0.737. The molecule has 2 bridgehead atoms. The van der Waals surface area contributed by atoms with Gasteiger partial charge in [-0.15, -0.1) is 0 Å². The molecule has 1 aromatic rings. The second kappa shape index (κ2) is 7.72. The van der Waals surface area contributed by atoms with Crippen LogP contribution in [0.2, 0.25) is 0 Å². The minimum absolute atomic E-state index is 0.0795. The summed E-state index contributed by atoms with van der Waals surface area (Å²) in [6.07, 6.45) is 6.66. The molecule has 0 N–H and O–H groups in total. The number of fused-ring (bicyclic) bond motifs is 4. The van der Waals surface area contributed by atoms with Crippen LogP contribution in [0.1, 0.15) is 42.0 Å². The molecule has 6 heteroatoms. The van der Waals surface area contributed by atoms with Gasteiger partial charge in [-0.3, -0.25) is 9.69 Å². The summed E-state index contributed by atoms with van der Waals surface area (Å²) < 4.78 is 11.3. The number of ether oxygens (including phenoxy) is 1. The van der Waals surface area contributed by atoms with Crippen LogP contribution in [-0.4, -0.2) is 66.9 Å². The van der Waals surface area contributed by atoms with Gasteiger partial charge in [0.25, 0.3) is 5.91 Å². The highest BCUT2D eigenvalue weighted by molar-refractivity contribution is 7.97. The summed E-state index contributed by atoms with van der Waals surface area (Å²) in [7, 11) is 0. The van der Waals surface area contributed by atoms with Gasteiger partial charge in [-0.2, -0.15) is 11.8 Å². The molecule has 5 nitrogen and oxygen atoms in total. The highest BCUT2D eigenvalue weighted by Crippen LogP contribution is 2.32. The van der Waals surface area contributed by atoms with Crippen molar-refractivity contribution in [2.75, 3.05) is 39.1 Å². The maximum absolute atomic E-state index is 13.0. The Kier molecular flexibility index (Phi) is 5.39. The second-order valence-corrected chi connectivity index (χ2v) is 8.42. The number of hydrogen-bond donors (Lipinski definition) is 0. The van der Waals surface area contributed by atoms with E-state index in [-0.39, 0.29) is 5.91 Å². The topological polar surface area (TPSA) is 45.9 Å². The monoisotopic (exact) mass is 364 g/mol. The van der Waals surface area contributed by atoms with E-state index in [1.54, 1.807) is 11.8 Å². The van der Waals surface area contributed by atoms with E-state index >= 15 is 0 Å². The van der Waals surface area contributed by atoms with Crippen LogP contribution in [0.3, 0.4) is 0 Å². The van der Waals surface area contributed by atoms with Gasteiger partial charge < -0.3 is 14.1 Å². The van der Waals surface area contributed by atoms with Gasteiger partial charge in [0.1, 0.15) is 5.76 Å². The van der Waals surface area contributed by atoms with Crippen molar-refractivity contribution in [3.8, 4) is 0 Å². The van der Waals surface area contributed by atoms with E-state index in [4.69, 9.17) is 9.15 Å². The fourth-order valence-corrected chi connectivity index (χ4v) is 5.01. The standard InChI is InChI=1S/C19H28N2O3S/c1-25-13-17-4-5-18(24-17)19(22)21-11-14-2-3-16(21)12-20(10-14)15-6-8-23-9-7-15/h4-5,14-16H,2-3,6-13H2,1H3/t14-,16+/m0/s1. The lowest BCUT2D eigenvalue weighted by atomic mass is 9.95. The normalized spacial score (nSPS) is 28.3. The van der Waals surface area contributed by atoms with Gasteiger partial charge in [0.2, 0.25) is 0 Å². The highest BCUT2D eigenvalue weighted by Gasteiger charge is 2.40. The Balaban J connectivity index is 1.46. The van der Waals surface area contributed by atoms with Gasteiger partial charge in [-0.25, -0.2) is 0 Å². The number of amides is 1. The summed E-state index contributed by atoms with van der Waals surface area (Å²) >= 11 is 1.71. The molecule has 4 aliphatic rings. The maximum Gasteiger partial charge on any atom is 0.289 e. The summed E-state index contributed by atoms with van der Waals surface area (Å²) in [4.78, 5) is 17.8. The van der Waals surface area contributed by atoms with Crippen LogP contribution >= 0.6 is 11.8 Å². The molecule has 4 saturated heterocycles. The third-order valence-electron chi connectivity index (χ3n) is 5.87. The summed E-state index contributed by atoms with van der Waals surface area (Å²) in [5.74, 6) is 2.88. The number of furan rings is 1. The SMILES string of the molecule is CSCc1ccc(C(=O)N2C[C@H]3CC[C@@H]2CN(C2CCOCC2)C3)o1. The van der Waals surface area contributed by atoms with Crippen molar-refractivity contribution in [3.63, 3.8) is 0 Å². The van der Waals surface area contributed by atoms with Crippen molar-refractivity contribution in [1.29, 1.82) is 0 Å². The summed E-state index contributed by atoms with van der Waals surface area (Å²) in [5.41, 5.74) is 0. The first-order chi connectivity index (χ1) is 12.2. The molecule has 0 unspecified atom stereocenters. The van der Waals surface area contributed by atoms with Gasteiger partial charge in [0.05, 0.1) is 5.75 Å². The first-order valence-electron chi connectivity index (χ1n) is 9.45. The molecule has 1 amide bonds. The van der Waals surface area contributed by atoms with Crippen LogP contribution in [0.25, 0.3) is 0 Å². The molecule has 4 fully saturated rings. The zero-order valence-electron chi connectivity index (χ0n) is 15.0. The molecular formula is C19H28N2O3S. The molecule has 0 radical (unpaired) electrons. The summed E-state index contributed by atoms with van der Waals surface area (Å²) in [5, 5.41) is 0. The van der Waals surface area contributed by atoms with Gasteiger partial charge in [0, 0.05) is 44.9 Å². The Morgan fingerprint density at radius 2 is 1.96 bits per heavy atom. The summed E-state index contributed by atoms with van der Waals surface area (Å²) in [6, 6.07) is 4.74. The largest absolute Gasteiger partial charge is 0.455 e. The molecule has 1 aromatic heterocycles. The smallest absolute Gasteiger partial charge is 0.289 e. The Bertz CT molecular complexity index is 599. The van der Waals surface area contributed by atoms with Crippen molar-refractivity contribution < 1.29 is 13.9 Å². The molecule has 138 valence electrons. The van der Waals surface area contributed by atoms with Crippen LogP contribution in [0.4, 0.5) is 0 Å².